The second-order valence-electron chi connectivity index (χ2n) is 4.19. The summed E-state index contributed by atoms with van der Waals surface area (Å²) in [7, 11) is 0. The Kier molecular flexibility index (Phi) is 4.21. The first-order valence-electron chi connectivity index (χ1n) is 6.12. The third-order valence-electron chi connectivity index (χ3n) is 2.90. The van der Waals surface area contributed by atoms with Gasteiger partial charge in [-0.15, -0.1) is 6.42 Å². The van der Waals surface area contributed by atoms with Crippen LogP contribution in [-0.4, -0.2) is 34.1 Å². The molecule has 0 aromatic carbocycles. The molecule has 2 rings (SSSR count). The Bertz CT molecular complexity index is 450. The van der Waals surface area contributed by atoms with Gasteiger partial charge < -0.3 is 10.2 Å². The molecule has 5 nitrogen and oxygen atoms in total. The van der Waals surface area contributed by atoms with Crippen LogP contribution in [0.1, 0.15) is 26.2 Å². The molecule has 1 N–H and O–H groups in total. The van der Waals surface area contributed by atoms with E-state index in [2.05, 4.69) is 31.1 Å². The highest BCUT2D eigenvalue weighted by Crippen LogP contribution is 2.18. The van der Waals surface area contributed by atoms with Crippen molar-refractivity contribution in [3.8, 4) is 12.3 Å². The normalized spacial score (nSPS) is 16.4. The molecular formula is C12H16ClN5. The van der Waals surface area contributed by atoms with Gasteiger partial charge in [-0.2, -0.15) is 15.0 Å². The van der Waals surface area contributed by atoms with Gasteiger partial charge in [-0.1, -0.05) is 12.8 Å². The fourth-order valence-electron chi connectivity index (χ4n) is 1.88. The van der Waals surface area contributed by atoms with Crippen molar-refractivity contribution in [1.82, 2.24) is 15.0 Å². The summed E-state index contributed by atoms with van der Waals surface area (Å²) < 4.78 is 0. The van der Waals surface area contributed by atoms with Gasteiger partial charge in [0.15, 0.2) is 0 Å². The molecule has 1 fully saturated rings. The van der Waals surface area contributed by atoms with E-state index in [9.17, 15) is 0 Å². The van der Waals surface area contributed by atoms with E-state index in [4.69, 9.17) is 18.0 Å². The summed E-state index contributed by atoms with van der Waals surface area (Å²) in [6.45, 7) is 3.93. The van der Waals surface area contributed by atoms with E-state index < -0.39 is 0 Å². The van der Waals surface area contributed by atoms with E-state index in [0.29, 0.717) is 11.9 Å². The topological polar surface area (TPSA) is 53.9 Å². The summed E-state index contributed by atoms with van der Waals surface area (Å²) in [5.41, 5.74) is 0. The zero-order valence-electron chi connectivity index (χ0n) is 10.4. The van der Waals surface area contributed by atoms with E-state index in [1.54, 1.807) is 0 Å². The number of nitrogens with zero attached hydrogens (tertiary/aromatic N) is 4. The van der Waals surface area contributed by atoms with Crippen molar-refractivity contribution >= 4 is 23.5 Å². The smallest absolute Gasteiger partial charge is 0.231 e. The van der Waals surface area contributed by atoms with Crippen molar-refractivity contribution in [2.75, 3.05) is 23.3 Å². The Morgan fingerprint density at radius 1 is 1.39 bits per heavy atom. The Morgan fingerprint density at radius 3 is 2.72 bits per heavy atom. The van der Waals surface area contributed by atoms with E-state index in [1.165, 1.54) is 0 Å². The average molecular weight is 266 g/mol. The average Bonchev–Trinajstić information content (AvgIpc) is 2.89. The zero-order chi connectivity index (χ0) is 13.0. The van der Waals surface area contributed by atoms with E-state index in [1.807, 2.05) is 6.92 Å². The molecule has 1 unspecified atom stereocenters. The molecule has 1 aliphatic rings. The fourth-order valence-corrected chi connectivity index (χ4v) is 2.04. The number of hydrogen-bond acceptors (Lipinski definition) is 5. The van der Waals surface area contributed by atoms with Crippen LogP contribution in [-0.2, 0) is 0 Å². The summed E-state index contributed by atoms with van der Waals surface area (Å²) >= 11 is 5.92. The molecule has 0 saturated carbocycles. The maximum absolute atomic E-state index is 5.92. The third-order valence-corrected chi connectivity index (χ3v) is 3.07. The van der Waals surface area contributed by atoms with E-state index in [-0.39, 0.29) is 11.3 Å². The van der Waals surface area contributed by atoms with Gasteiger partial charge in [0, 0.05) is 13.1 Å². The molecule has 1 saturated heterocycles. The highest BCUT2D eigenvalue weighted by Gasteiger charge is 2.17. The molecule has 2 heterocycles. The molecule has 0 spiro atoms. The maximum atomic E-state index is 5.92. The largest absolute Gasteiger partial charge is 0.341 e. The molecule has 1 aromatic rings. The van der Waals surface area contributed by atoms with Crippen LogP contribution in [0.3, 0.4) is 0 Å². The van der Waals surface area contributed by atoms with Crippen molar-refractivity contribution in [2.24, 2.45) is 0 Å². The number of hydrogen-bond donors (Lipinski definition) is 1. The predicted octanol–water partition coefficient (Wildman–Crippen LogP) is 1.95. The van der Waals surface area contributed by atoms with Crippen molar-refractivity contribution in [2.45, 2.75) is 32.2 Å². The molecule has 1 aliphatic heterocycles. The Hall–Kier alpha value is -1.54. The van der Waals surface area contributed by atoms with Gasteiger partial charge in [-0.05, 0) is 30.9 Å². The van der Waals surface area contributed by atoms with Crippen molar-refractivity contribution in [1.29, 1.82) is 0 Å². The summed E-state index contributed by atoms with van der Waals surface area (Å²) in [5, 5.41) is 3.27. The SMILES string of the molecule is C#CC(CC)Nc1nc(Cl)nc(N2CCCC2)n1. The molecule has 0 bridgehead atoms. The summed E-state index contributed by atoms with van der Waals surface area (Å²) in [4.78, 5) is 14.7. The first kappa shape index (κ1) is 12.9. The lowest BCUT2D eigenvalue weighted by Crippen LogP contribution is -2.23. The van der Waals surface area contributed by atoms with Gasteiger partial charge in [0.25, 0.3) is 0 Å². The number of terminal acetylenes is 1. The summed E-state index contributed by atoms with van der Waals surface area (Å²) in [5.74, 6) is 3.71. The van der Waals surface area contributed by atoms with Gasteiger partial charge in [0.1, 0.15) is 0 Å². The number of anilines is 2. The van der Waals surface area contributed by atoms with Gasteiger partial charge in [0.05, 0.1) is 6.04 Å². The lowest BCUT2D eigenvalue weighted by Gasteiger charge is -2.17. The first-order chi connectivity index (χ1) is 8.72. The number of halogens is 1. The number of aromatic nitrogens is 3. The molecule has 6 heteroatoms. The lowest BCUT2D eigenvalue weighted by atomic mass is 10.2. The minimum atomic E-state index is -0.0881. The van der Waals surface area contributed by atoms with Crippen molar-refractivity contribution in [3.05, 3.63) is 5.28 Å². The Labute approximate surface area is 112 Å². The van der Waals surface area contributed by atoms with Crippen LogP contribution in [0.15, 0.2) is 0 Å². The third kappa shape index (κ3) is 3.02. The van der Waals surface area contributed by atoms with Crippen LogP contribution >= 0.6 is 11.6 Å². The van der Waals surface area contributed by atoms with Gasteiger partial charge in [-0.3, -0.25) is 0 Å². The first-order valence-corrected chi connectivity index (χ1v) is 6.50. The van der Waals surface area contributed by atoms with E-state index >= 15 is 0 Å². The van der Waals surface area contributed by atoms with E-state index in [0.717, 1.165) is 32.4 Å². The monoisotopic (exact) mass is 265 g/mol. The molecule has 0 aliphatic carbocycles. The lowest BCUT2D eigenvalue weighted by molar-refractivity contribution is 0.824. The van der Waals surface area contributed by atoms with Crippen LogP contribution in [0.5, 0.6) is 0 Å². The highest BCUT2D eigenvalue weighted by atomic mass is 35.5. The standard InChI is InChI=1S/C12H16ClN5/c1-3-9(4-2)14-11-15-10(13)16-12(17-11)18-7-5-6-8-18/h1,9H,4-8H2,2H3,(H,14,15,16,17). The van der Waals surface area contributed by atoms with Gasteiger partial charge >= 0.3 is 0 Å². The molecule has 1 atom stereocenters. The summed E-state index contributed by atoms with van der Waals surface area (Å²) in [6, 6.07) is -0.0881. The van der Waals surface area contributed by atoms with Gasteiger partial charge in [0.2, 0.25) is 17.2 Å². The fraction of sp³-hybridized carbons (Fsp3) is 0.583. The molecule has 96 valence electrons. The summed E-state index contributed by atoms with van der Waals surface area (Å²) in [6.07, 6.45) is 8.53. The Morgan fingerprint density at radius 2 is 2.11 bits per heavy atom. The van der Waals surface area contributed by atoms with Crippen molar-refractivity contribution in [3.63, 3.8) is 0 Å². The number of nitrogens with one attached hydrogen (secondary N) is 1. The quantitative estimate of drug-likeness (QED) is 0.844. The van der Waals surface area contributed by atoms with Crippen LogP contribution < -0.4 is 10.2 Å². The minimum absolute atomic E-state index is 0.0881. The molecule has 0 amide bonds. The van der Waals surface area contributed by atoms with Crippen molar-refractivity contribution < 1.29 is 0 Å². The second kappa shape index (κ2) is 5.87. The van der Waals surface area contributed by atoms with Gasteiger partial charge in [-0.25, -0.2) is 0 Å². The molecule has 18 heavy (non-hydrogen) atoms. The molecular weight excluding hydrogens is 250 g/mol. The second-order valence-corrected chi connectivity index (χ2v) is 4.53. The van der Waals surface area contributed by atoms with Crippen LogP contribution in [0, 0.1) is 12.3 Å². The zero-order valence-corrected chi connectivity index (χ0v) is 11.1. The highest BCUT2D eigenvalue weighted by molar-refractivity contribution is 6.28. The van der Waals surface area contributed by atoms with Crippen LogP contribution in [0.2, 0.25) is 5.28 Å². The minimum Gasteiger partial charge on any atom is -0.341 e. The van der Waals surface area contributed by atoms with Crippen LogP contribution in [0.4, 0.5) is 11.9 Å². The predicted molar refractivity (Wildman–Crippen MR) is 72.8 cm³/mol. The number of rotatable bonds is 4. The molecule has 0 radical (unpaired) electrons. The molecule has 1 aromatic heterocycles. The van der Waals surface area contributed by atoms with Crippen LogP contribution in [0.25, 0.3) is 0 Å². The maximum Gasteiger partial charge on any atom is 0.231 e. The Balaban J connectivity index is 2.18.